The van der Waals surface area contributed by atoms with Gasteiger partial charge in [0.15, 0.2) is 10.3 Å². The predicted octanol–water partition coefficient (Wildman–Crippen LogP) is 6.25. The van der Waals surface area contributed by atoms with Gasteiger partial charge in [0.2, 0.25) is 5.95 Å². The zero-order valence-corrected chi connectivity index (χ0v) is 18.8. The van der Waals surface area contributed by atoms with Crippen molar-refractivity contribution in [2.45, 2.75) is 107 Å². The first-order valence-electron chi connectivity index (χ1n) is 10.7. The molecule has 7 heteroatoms. The molecule has 0 saturated carbocycles. The molecule has 28 heavy (non-hydrogen) atoms. The summed E-state index contributed by atoms with van der Waals surface area (Å²) in [6, 6.07) is 0. The van der Waals surface area contributed by atoms with Crippen molar-refractivity contribution in [1.82, 2.24) is 15.0 Å². The molecule has 0 bridgehead atoms. The van der Waals surface area contributed by atoms with Gasteiger partial charge in [-0.25, -0.2) is 0 Å². The van der Waals surface area contributed by atoms with E-state index in [2.05, 4.69) is 64.6 Å². The normalized spacial score (nSPS) is 11.0. The van der Waals surface area contributed by atoms with Gasteiger partial charge in [0, 0.05) is 6.54 Å². The van der Waals surface area contributed by atoms with E-state index in [1.165, 1.54) is 83.5 Å². The van der Waals surface area contributed by atoms with Crippen LogP contribution in [0.3, 0.4) is 0 Å². The number of nitrogens with zero attached hydrogens (tertiary/aromatic N) is 3. The second-order valence-electron chi connectivity index (χ2n) is 7.12. The number of allylic oxidation sites excluding steroid dienone is 2. The van der Waals surface area contributed by atoms with Crippen LogP contribution in [0.5, 0.6) is 0 Å². The molecule has 1 aromatic heterocycles. The van der Waals surface area contributed by atoms with Crippen LogP contribution in [0.2, 0.25) is 0 Å². The van der Waals surface area contributed by atoms with Gasteiger partial charge in [-0.05, 0) is 32.1 Å². The number of anilines is 1. The van der Waals surface area contributed by atoms with E-state index >= 15 is 0 Å². The number of thiol groups is 2. The van der Waals surface area contributed by atoms with Crippen LogP contribution in [0.15, 0.2) is 22.5 Å². The van der Waals surface area contributed by atoms with Gasteiger partial charge in [0.1, 0.15) is 0 Å². The van der Waals surface area contributed by atoms with Crippen molar-refractivity contribution in [2.24, 2.45) is 0 Å². The third kappa shape index (κ3) is 17.7. The fourth-order valence-electron chi connectivity index (χ4n) is 3.01. The Balaban J connectivity index is 0.00000729. The van der Waals surface area contributed by atoms with E-state index in [9.17, 15) is 0 Å². The molecule has 1 heterocycles. The third-order valence-corrected chi connectivity index (χ3v) is 4.98. The monoisotopic (exact) mass is 450 g/mol. The maximum atomic E-state index is 4.13. The molecule has 0 saturated heterocycles. The average molecular weight is 451 g/mol. The standard InChI is InChI=1S/C21H38N4S2.K.H/c1-2-3-4-5-6-7-8-9-10-11-12-13-14-15-16-17-18-22-19-23-20(26)25-21(27)24-19;;/h9-10H,2-8,11-18H2,1H3,(H3,22,23,24,25,26,27);;/b10-9-;;. The Morgan fingerprint density at radius 3 is 1.68 bits per heavy atom. The molecule has 0 fully saturated rings. The van der Waals surface area contributed by atoms with Crippen LogP contribution >= 0.6 is 25.3 Å². The van der Waals surface area contributed by atoms with Crippen molar-refractivity contribution in [3.8, 4) is 0 Å². The molecule has 0 spiro atoms. The molecule has 1 N–H and O–H groups in total. The predicted molar refractivity (Wildman–Crippen MR) is 129 cm³/mol. The Kier molecular flexibility index (Phi) is 21.8. The van der Waals surface area contributed by atoms with Crippen LogP contribution in [0, 0.1) is 0 Å². The van der Waals surface area contributed by atoms with Crippen molar-refractivity contribution in [2.75, 3.05) is 11.9 Å². The molecule has 0 aliphatic rings. The van der Waals surface area contributed by atoms with E-state index in [1.807, 2.05) is 0 Å². The first kappa shape index (κ1) is 28.9. The molecule has 0 atom stereocenters. The number of unbranched alkanes of at least 4 members (excludes halogenated alkanes) is 12. The van der Waals surface area contributed by atoms with Crippen molar-refractivity contribution >= 4 is 82.6 Å². The van der Waals surface area contributed by atoms with Gasteiger partial charge in [0.05, 0.1) is 0 Å². The van der Waals surface area contributed by atoms with Crippen LogP contribution in [0.4, 0.5) is 5.95 Å². The minimum absolute atomic E-state index is 0. The fraction of sp³-hybridized carbons (Fsp3) is 0.762. The second-order valence-corrected chi connectivity index (χ2v) is 7.92. The zero-order chi connectivity index (χ0) is 19.6. The molecule has 0 unspecified atom stereocenters. The number of hydrogen-bond donors (Lipinski definition) is 3. The summed E-state index contributed by atoms with van der Waals surface area (Å²) in [5, 5.41) is 4.01. The van der Waals surface area contributed by atoms with Crippen molar-refractivity contribution in [1.29, 1.82) is 0 Å². The van der Waals surface area contributed by atoms with Gasteiger partial charge in [-0.15, -0.1) is 25.3 Å². The second kappa shape index (κ2) is 21.1. The summed E-state index contributed by atoms with van der Waals surface area (Å²) in [7, 11) is 0. The molecular weight excluding hydrogens is 411 g/mol. The van der Waals surface area contributed by atoms with Crippen LogP contribution in [-0.2, 0) is 0 Å². The summed E-state index contributed by atoms with van der Waals surface area (Å²) < 4.78 is 0. The zero-order valence-electron chi connectivity index (χ0n) is 17.0. The van der Waals surface area contributed by atoms with Gasteiger partial charge in [-0.2, -0.15) is 15.0 Å². The molecule has 4 nitrogen and oxygen atoms in total. The van der Waals surface area contributed by atoms with Gasteiger partial charge in [-0.3, -0.25) is 0 Å². The summed E-state index contributed by atoms with van der Waals surface area (Å²) in [6.07, 6.45) is 23.3. The van der Waals surface area contributed by atoms with E-state index in [0.717, 1.165) is 13.0 Å². The Hall–Kier alpha value is 0.886. The van der Waals surface area contributed by atoms with Gasteiger partial charge < -0.3 is 5.32 Å². The summed E-state index contributed by atoms with van der Waals surface area (Å²) >= 11 is 8.25. The molecule has 0 aliphatic carbocycles. The van der Waals surface area contributed by atoms with E-state index in [-0.39, 0.29) is 51.4 Å². The van der Waals surface area contributed by atoms with E-state index in [4.69, 9.17) is 0 Å². The average Bonchev–Trinajstić information content (AvgIpc) is 2.63. The molecule has 1 rings (SSSR count). The topological polar surface area (TPSA) is 50.7 Å². The van der Waals surface area contributed by atoms with Crippen LogP contribution in [0.25, 0.3) is 0 Å². The van der Waals surface area contributed by atoms with Gasteiger partial charge in [-0.1, -0.05) is 76.9 Å². The third-order valence-electron chi connectivity index (χ3n) is 4.58. The summed E-state index contributed by atoms with van der Waals surface area (Å²) in [6.45, 7) is 3.15. The van der Waals surface area contributed by atoms with Crippen molar-refractivity contribution in [3.63, 3.8) is 0 Å². The molecule has 0 aromatic carbocycles. The van der Waals surface area contributed by atoms with Gasteiger partial charge >= 0.3 is 51.4 Å². The molecule has 156 valence electrons. The molecular formula is C21H39KN4S2. The van der Waals surface area contributed by atoms with E-state index in [0.29, 0.717) is 16.3 Å². The number of hydrogen-bond acceptors (Lipinski definition) is 6. The Labute approximate surface area is 226 Å². The SMILES string of the molecule is CCCCCCCC/C=C\CCCCCCCCNc1nc(S)nc(S)n1.[KH]. The summed E-state index contributed by atoms with van der Waals surface area (Å²) in [5.74, 6) is 0.563. The Morgan fingerprint density at radius 1 is 0.679 bits per heavy atom. The number of nitrogens with one attached hydrogen (secondary N) is 1. The number of rotatable bonds is 17. The van der Waals surface area contributed by atoms with E-state index in [1.54, 1.807) is 0 Å². The molecule has 1 aromatic rings. The van der Waals surface area contributed by atoms with Crippen LogP contribution in [0.1, 0.15) is 96.8 Å². The van der Waals surface area contributed by atoms with E-state index < -0.39 is 0 Å². The summed E-state index contributed by atoms with van der Waals surface area (Å²) in [5.41, 5.74) is 0. The Bertz CT molecular complexity index is 495. The Morgan fingerprint density at radius 2 is 1.14 bits per heavy atom. The first-order chi connectivity index (χ1) is 13.2. The van der Waals surface area contributed by atoms with Crippen molar-refractivity contribution < 1.29 is 0 Å². The van der Waals surface area contributed by atoms with Gasteiger partial charge in [0.25, 0.3) is 0 Å². The fourth-order valence-corrected chi connectivity index (χ4v) is 3.46. The van der Waals surface area contributed by atoms with Crippen LogP contribution < -0.4 is 5.32 Å². The molecule has 0 aliphatic heterocycles. The summed E-state index contributed by atoms with van der Waals surface area (Å²) in [4.78, 5) is 12.2. The first-order valence-corrected chi connectivity index (χ1v) is 11.6. The van der Waals surface area contributed by atoms with Crippen LogP contribution in [-0.4, -0.2) is 72.9 Å². The van der Waals surface area contributed by atoms with Crippen molar-refractivity contribution in [3.05, 3.63) is 12.2 Å². The molecule has 0 amide bonds. The maximum absolute atomic E-state index is 4.13. The number of aromatic nitrogens is 3. The molecule has 0 radical (unpaired) electrons. The minimum atomic E-state index is 0. The quantitative estimate of drug-likeness (QED) is 0.114.